The molecular weight excluding hydrogens is 346 g/mol. The number of benzene rings is 2. The number of para-hydroxylation sites is 1. The van der Waals surface area contributed by atoms with Crippen molar-refractivity contribution in [2.45, 2.75) is 25.2 Å². The van der Waals surface area contributed by atoms with Crippen molar-refractivity contribution in [3.8, 4) is 0 Å². The molecule has 0 aliphatic heterocycles. The van der Waals surface area contributed by atoms with Crippen molar-refractivity contribution in [1.82, 2.24) is 4.98 Å². The van der Waals surface area contributed by atoms with E-state index in [4.69, 9.17) is 0 Å². The summed E-state index contributed by atoms with van der Waals surface area (Å²) in [5, 5.41) is 3.26. The number of pyridine rings is 1. The van der Waals surface area contributed by atoms with Gasteiger partial charge >= 0.3 is 0 Å². The van der Waals surface area contributed by atoms with E-state index in [0.29, 0.717) is 11.5 Å². The van der Waals surface area contributed by atoms with Crippen LogP contribution in [0.3, 0.4) is 0 Å². The predicted octanol–water partition coefficient (Wildman–Crippen LogP) is 4.50. The van der Waals surface area contributed by atoms with Gasteiger partial charge in [0, 0.05) is 5.69 Å². The van der Waals surface area contributed by atoms with E-state index >= 15 is 0 Å². The molecule has 26 heavy (non-hydrogen) atoms. The van der Waals surface area contributed by atoms with E-state index in [1.807, 2.05) is 31.2 Å². The summed E-state index contributed by atoms with van der Waals surface area (Å²) in [7, 11) is -3.63. The lowest BCUT2D eigenvalue weighted by atomic mass is 10.1. The number of anilines is 3. The Morgan fingerprint density at radius 3 is 2.50 bits per heavy atom. The maximum absolute atomic E-state index is 12.5. The van der Waals surface area contributed by atoms with E-state index in [0.717, 1.165) is 17.7 Å². The predicted molar refractivity (Wildman–Crippen MR) is 105 cm³/mol. The molecule has 2 N–H and O–H groups in total. The van der Waals surface area contributed by atoms with Gasteiger partial charge in [-0.2, -0.15) is 0 Å². The molecule has 0 radical (unpaired) electrons. The SMILES string of the molecule is CCc1ccccc1Nc1ccc(NS(=O)(=O)c2cccc(C)c2)cn1. The van der Waals surface area contributed by atoms with Crippen LogP contribution in [0.15, 0.2) is 71.8 Å². The lowest BCUT2D eigenvalue weighted by Gasteiger charge is -2.11. The van der Waals surface area contributed by atoms with E-state index in [9.17, 15) is 8.42 Å². The second-order valence-electron chi connectivity index (χ2n) is 5.99. The van der Waals surface area contributed by atoms with Crippen molar-refractivity contribution in [3.05, 3.63) is 78.0 Å². The summed E-state index contributed by atoms with van der Waals surface area (Å²) in [5.41, 5.74) is 3.50. The van der Waals surface area contributed by atoms with E-state index in [-0.39, 0.29) is 4.90 Å². The molecule has 0 fully saturated rings. The number of aromatic nitrogens is 1. The Kier molecular flexibility index (Phi) is 5.23. The highest BCUT2D eigenvalue weighted by molar-refractivity contribution is 7.92. The maximum Gasteiger partial charge on any atom is 0.261 e. The summed E-state index contributed by atoms with van der Waals surface area (Å²) in [6.45, 7) is 3.95. The lowest BCUT2D eigenvalue weighted by Crippen LogP contribution is -2.13. The van der Waals surface area contributed by atoms with Crippen molar-refractivity contribution < 1.29 is 8.42 Å². The highest BCUT2D eigenvalue weighted by atomic mass is 32.2. The zero-order chi connectivity index (χ0) is 18.6. The number of sulfonamides is 1. The Balaban J connectivity index is 1.75. The van der Waals surface area contributed by atoms with Crippen LogP contribution in [0.2, 0.25) is 0 Å². The van der Waals surface area contributed by atoms with Gasteiger partial charge in [-0.3, -0.25) is 4.72 Å². The van der Waals surface area contributed by atoms with Gasteiger partial charge in [-0.25, -0.2) is 13.4 Å². The van der Waals surface area contributed by atoms with Gasteiger partial charge in [0.1, 0.15) is 5.82 Å². The first kappa shape index (κ1) is 17.9. The third-order valence-corrected chi connectivity index (χ3v) is 5.36. The Labute approximate surface area is 154 Å². The van der Waals surface area contributed by atoms with Gasteiger partial charge < -0.3 is 5.32 Å². The summed E-state index contributed by atoms with van der Waals surface area (Å²) in [6.07, 6.45) is 2.42. The summed E-state index contributed by atoms with van der Waals surface area (Å²) in [6, 6.07) is 18.2. The van der Waals surface area contributed by atoms with Crippen LogP contribution in [0.5, 0.6) is 0 Å². The largest absolute Gasteiger partial charge is 0.340 e. The number of nitrogens with zero attached hydrogens (tertiary/aromatic N) is 1. The molecule has 0 aliphatic carbocycles. The molecule has 0 bridgehead atoms. The summed E-state index contributed by atoms with van der Waals surface area (Å²) < 4.78 is 27.5. The summed E-state index contributed by atoms with van der Waals surface area (Å²) in [4.78, 5) is 4.54. The fraction of sp³-hybridized carbons (Fsp3) is 0.150. The molecule has 0 saturated heterocycles. The molecule has 0 aliphatic rings. The molecule has 134 valence electrons. The van der Waals surface area contributed by atoms with E-state index < -0.39 is 10.0 Å². The molecule has 0 atom stereocenters. The fourth-order valence-electron chi connectivity index (χ4n) is 2.61. The fourth-order valence-corrected chi connectivity index (χ4v) is 3.76. The Hall–Kier alpha value is -2.86. The molecule has 0 saturated carbocycles. The molecule has 1 aromatic heterocycles. The molecule has 3 rings (SSSR count). The Morgan fingerprint density at radius 2 is 1.81 bits per heavy atom. The van der Waals surface area contributed by atoms with Crippen LogP contribution in [0.1, 0.15) is 18.1 Å². The second-order valence-corrected chi connectivity index (χ2v) is 7.67. The topological polar surface area (TPSA) is 71.1 Å². The van der Waals surface area contributed by atoms with Crippen LogP contribution >= 0.6 is 0 Å². The first-order chi connectivity index (χ1) is 12.5. The minimum absolute atomic E-state index is 0.233. The molecule has 3 aromatic rings. The Bertz CT molecular complexity index is 1000. The van der Waals surface area contributed by atoms with Crippen molar-refractivity contribution in [1.29, 1.82) is 0 Å². The quantitative estimate of drug-likeness (QED) is 0.673. The van der Waals surface area contributed by atoms with Crippen molar-refractivity contribution >= 4 is 27.2 Å². The molecule has 0 amide bonds. The van der Waals surface area contributed by atoms with Gasteiger partial charge in [0.05, 0.1) is 16.8 Å². The van der Waals surface area contributed by atoms with E-state index in [1.165, 1.54) is 11.8 Å². The van der Waals surface area contributed by atoms with Gasteiger partial charge in [0.2, 0.25) is 0 Å². The molecule has 0 unspecified atom stereocenters. The maximum atomic E-state index is 12.5. The smallest absolute Gasteiger partial charge is 0.261 e. The highest BCUT2D eigenvalue weighted by Gasteiger charge is 2.14. The first-order valence-corrected chi connectivity index (χ1v) is 9.87. The van der Waals surface area contributed by atoms with Crippen LogP contribution < -0.4 is 10.0 Å². The molecule has 2 aromatic carbocycles. The van der Waals surface area contributed by atoms with Gasteiger partial charge in [0.25, 0.3) is 10.0 Å². The zero-order valence-corrected chi connectivity index (χ0v) is 15.5. The van der Waals surface area contributed by atoms with Crippen LogP contribution in [-0.2, 0) is 16.4 Å². The first-order valence-electron chi connectivity index (χ1n) is 8.38. The zero-order valence-electron chi connectivity index (χ0n) is 14.7. The van der Waals surface area contributed by atoms with Crippen LogP contribution in [0, 0.1) is 6.92 Å². The minimum atomic E-state index is -3.63. The monoisotopic (exact) mass is 367 g/mol. The molecular formula is C20H21N3O2S. The number of hydrogen-bond donors (Lipinski definition) is 2. The third kappa shape index (κ3) is 4.21. The summed E-state index contributed by atoms with van der Waals surface area (Å²) in [5.74, 6) is 0.657. The van der Waals surface area contributed by atoms with Gasteiger partial charge in [0.15, 0.2) is 0 Å². The number of hydrogen-bond acceptors (Lipinski definition) is 4. The number of nitrogens with one attached hydrogen (secondary N) is 2. The van der Waals surface area contributed by atoms with Crippen molar-refractivity contribution in [3.63, 3.8) is 0 Å². The van der Waals surface area contributed by atoms with Crippen molar-refractivity contribution in [2.24, 2.45) is 0 Å². The molecule has 1 heterocycles. The van der Waals surface area contributed by atoms with Crippen molar-refractivity contribution in [2.75, 3.05) is 10.0 Å². The number of rotatable bonds is 6. The van der Waals surface area contributed by atoms with Crippen LogP contribution in [0.25, 0.3) is 0 Å². The molecule has 0 spiro atoms. The van der Waals surface area contributed by atoms with Gasteiger partial charge in [-0.15, -0.1) is 0 Å². The third-order valence-electron chi connectivity index (χ3n) is 3.98. The van der Waals surface area contributed by atoms with Crippen LogP contribution in [0.4, 0.5) is 17.2 Å². The van der Waals surface area contributed by atoms with E-state index in [1.54, 1.807) is 30.3 Å². The average Bonchev–Trinajstić information content (AvgIpc) is 2.63. The Morgan fingerprint density at radius 1 is 1.00 bits per heavy atom. The normalized spacial score (nSPS) is 11.2. The van der Waals surface area contributed by atoms with E-state index in [2.05, 4.69) is 28.0 Å². The highest BCUT2D eigenvalue weighted by Crippen LogP contribution is 2.22. The summed E-state index contributed by atoms with van der Waals surface area (Å²) >= 11 is 0. The van der Waals surface area contributed by atoms with Crippen LogP contribution in [-0.4, -0.2) is 13.4 Å². The average molecular weight is 367 g/mol. The molecule has 6 heteroatoms. The minimum Gasteiger partial charge on any atom is -0.340 e. The lowest BCUT2D eigenvalue weighted by molar-refractivity contribution is 0.601. The standard InChI is InChI=1S/C20H21N3O2S/c1-3-16-8-4-5-10-19(16)22-20-12-11-17(14-21-20)23-26(24,25)18-9-6-7-15(2)13-18/h4-14,23H,3H2,1-2H3,(H,21,22). The van der Waals surface area contributed by atoms with Gasteiger partial charge in [-0.1, -0.05) is 37.3 Å². The van der Waals surface area contributed by atoms with Gasteiger partial charge in [-0.05, 0) is 54.8 Å². The molecule has 5 nitrogen and oxygen atoms in total. The number of aryl methyl sites for hydroxylation is 2. The second kappa shape index (κ2) is 7.58.